The molecular formula is C16H23N3O3. The predicted octanol–water partition coefficient (Wildman–Crippen LogP) is 3.11. The van der Waals surface area contributed by atoms with E-state index in [0.717, 1.165) is 32.4 Å². The molecule has 1 atom stereocenters. The van der Waals surface area contributed by atoms with Gasteiger partial charge in [0.15, 0.2) is 0 Å². The van der Waals surface area contributed by atoms with Gasteiger partial charge in [-0.25, -0.2) is 0 Å². The summed E-state index contributed by atoms with van der Waals surface area (Å²) in [5.74, 6) is -0.261. The van der Waals surface area contributed by atoms with E-state index in [9.17, 15) is 14.9 Å². The minimum atomic E-state index is -0.399. The lowest BCUT2D eigenvalue weighted by atomic mass is 10.1. The number of hydrogen-bond donors (Lipinski definition) is 1. The summed E-state index contributed by atoms with van der Waals surface area (Å²) in [6.07, 6.45) is 4.08. The van der Waals surface area contributed by atoms with Crippen molar-refractivity contribution in [2.75, 3.05) is 18.0 Å². The Morgan fingerprint density at radius 3 is 2.64 bits per heavy atom. The molecule has 0 bridgehead atoms. The number of nitrogens with one attached hydrogen (secondary N) is 1. The summed E-state index contributed by atoms with van der Waals surface area (Å²) < 4.78 is 0. The third-order valence-corrected chi connectivity index (χ3v) is 4.12. The summed E-state index contributed by atoms with van der Waals surface area (Å²) in [4.78, 5) is 25.1. The van der Waals surface area contributed by atoms with Crippen LogP contribution in [0.3, 0.4) is 0 Å². The number of hydrogen-bond acceptors (Lipinski definition) is 4. The second-order valence-corrected chi connectivity index (χ2v) is 5.79. The van der Waals surface area contributed by atoms with Crippen LogP contribution in [0.2, 0.25) is 0 Å². The van der Waals surface area contributed by atoms with Crippen molar-refractivity contribution in [3.05, 3.63) is 33.9 Å². The molecule has 1 saturated heterocycles. The summed E-state index contributed by atoms with van der Waals surface area (Å²) in [7, 11) is 0. The van der Waals surface area contributed by atoms with E-state index in [1.165, 1.54) is 12.5 Å². The van der Waals surface area contributed by atoms with Gasteiger partial charge in [-0.3, -0.25) is 14.9 Å². The lowest BCUT2D eigenvalue weighted by Crippen LogP contribution is -2.32. The van der Waals surface area contributed by atoms with Gasteiger partial charge in [0.2, 0.25) is 0 Å². The molecule has 1 heterocycles. The van der Waals surface area contributed by atoms with Gasteiger partial charge in [-0.05, 0) is 44.7 Å². The number of nitro benzene ring substituents is 1. The van der Waals surface area contributed by atoms with Gasteiger partial charge in [0, 0.05) is 30.8 Å². The molecule has 0 aliphatic carbocycles. The highest BCUT2D eigenvalue weighted by molar-refractivity contribution is 5.96. The van der Waals surface area contributed by atoms with E-state index in [4.69, 9.17) is 0 Å². The lowest BCUT2D eigenvalue weighted by Gasteiger charge is -2.28. The molecule has 0 unspecified atom stereocenters. The number of anilines is 1. The van der Waals surface area contributed by atoms with E-state index in [2.05, 4.69) is 5.32 Å². The maximum Gasteiger partial charge on any atom is 0.293 e. The molecule has 0 saturated carbocycles. The number of benzene rings is 1. The molecule has 0 aromatic heterocycles. The molecule has 1 N–H and O–H groups in total. The zero-order valence-electron chi connectivity index (χ0n) is 13.2. The zero-order chi connectivity index (χ0) is 16.1. The number of nitrogens with zero attached hydrogens (tertiary/aromatic N) is 2. The van der Waals surface area contributed by atoms with Crippen LogP contribution in [-0.4, -0.2) is 30.0 Å². The highest BCUT2D eigenvalue weighted by Crippen LogP contribution is 2.31. The topological polar surface area (TPSA) is 75.5 Å². The molecule has 6 heteroatoms. The standard InChI is InChI=1S/C16H23N3O3/c1-3-12(2)17-16(20)13-7-8-14(15(11-13)19(21)22)18-9-5-4-6-10-18/h7-8,11-12H,3-6,9-10H2,1-2H3,(H,17,20)/t12-/m0/s1. The Hall–Kier alpha value is -2.11. The summed E-state index contributed by atoms with van der Waals surface area (Å²) in [6.45, 7) is 5.56. The monoisotopic (exact) mass is 305 g/mol. The number of carbonyl (C=O) groups excluding carboxylic acids is 1. The smallest absolute Gasteiger partial charge is 0.293 e. The summed E-state index contributed by atoms with van der Waals surface area (Å²) >= 11 is 0. The summed E-state index contributed by atoms with van der Waals surface area (Å²) in [5.41, 5.74) is 0.969. The third-order valence-electron chi connectivity index (χ3n) is 4.12. The van der Waals surface area contributed by atoms with E-state index < -0.39 is 4.92 Å². The van der Waals surface area contributed by atoms with Crippen molar-refractivity contribution < 1.29 is 9.72 Å². The van der Waals surface area contributed by atoms with Crippen molar-refractivity contribution in [1.82, 2.24) is 5.32 Å². The van der Waals surface area contributed by atoms with Crippen LogP contribution in [-0.2, 0) is 0 Å². The van der Waals surface area contributed by atoms with E-state index in [1.807, 2.05) is 18.7 Å². The molecule has 1 aromatic rings. The van der Waals surface area contributed by atoms with E-state index in [1.54, 1.807) is 12.1 Å². The molecule has 0 spiro atoms. The van der Waals surface area contributed by atoms with Crippen molar-refractivity contribution in [3.8, 4) is 0 Å². The Kier molecular flexibility index (Phi) is 5.35. The van der Waals surface area contributed by atoms with Crippen LogP contribution in [0.25, 0.3) is 0 Å². The second-order valence-electron chi connectivity index (χ2n) is 5.79. The first-order valence-electron chi connectivity index (χ1n) is 7.87. The van der Waals surface area contributed by atoms with Crippen LogP contribution < -0.4 is 10.2 Å². The van der Waals surface area contributed by atoms with Crippen molar-refractivity contribution in [2.45, 2.75) is 45.6 Å². The minimum Gasteiger partial charge on any atom is -0.366 e. The molecular weight excluding hydrogens is 282 g/mol. The van der Waals surface area contributed by atoms with Crippen molar-refractivity contribution in [1.29, 1.82) is 0 Å². The molecule has 120 valence electrons. The Morgan fingerprint density at radius 2 is 2.05 bits per heavy atom. The van der Waals surface area contributed by atoms with Crippen molar-refractivity contribution in [3.63, 3.8) is 0 Å². The van der Waals surface area contributed by atoms with Gasteiger partial charge in [-0.2, -0.15) is 0 Å². The highest BCUT2D eigenvalue weighted by atomic mass is 16.6. The van der Waals surface area contributed by atoms with Crippen LogP contribution in [0.1, 0.15) is 49.9 Å². The zero-order valence-corrected chi connectivity index (χ0v) is 13.2. The molecule has 22 heavy (non-hydrogen) atoms. The Balaban J connectivity index is 2.26. The first-order valence-corrected chi connectivity index (χ1v) is 7.87. The largest absolute Gasteiger partial charge is 0.366 e. The molecule has 1 aromatic carbocycles. The fourth-order valence-electron chi connectivity index (χ4n) is 2.62. The molecule has 6 nitrogen and oxygen atoms in total. The minimum absolute atomic E-state index is 0.0127. The third kappa shape index (κ3) is 3.75. The van der Waals surface area contributed by atoms with Crippen molar-refractivity contribution in [2.24, 2.45) is 0 Å². The van der Waals surface area contributed by atoms with Crippen molar-refractivity contribution >= 4 is 17.3 Å². The van der Waals surface area contributed by atoms with Gasteiger partial charge in [0.1, 0.15) is 5.69 Å². The SMILES string of the molecule is CC[C@H](C)NC(=O)c1ccc(N2CCCCC2)c([N+](=O)[O-])c1. The molecule has 1 aliphatic heterocycles. The number of nitro groups is 1. The first kappa shape index (κ1) is 16.3. The molecule has 2 rings (SSSR count). The summed E-state index contributed by atoms with van der Waals surface area (Å²) in [6, 6.07) is 4.82. The van der Waals surface area contributed by atoms with E-state index in [0.29, 0.717) is 11.3 Å². The molecule has 1 amide bonds. The maximum atomic E-state index is 12.1. The highest BCUT2D eigenvalue weighted by Gasteiger charge is 2.23. The first-order chi connectivity index (χ1) is 10.5. The van der Waals surface area contributed by atoms with Gasteiger partial charge in [0.25, 0.3) is 11.6 Å². The molecule has 1 aliphatic rings. The van der Waals surface area contributed by atoms with Crippen LogP contribution in [0.4, 0.5) is 11.4 Å². The lowest BCUT2D eigenvalue weighted by molar-refractivity contribution is -0.384. The van der Waals surface area contributed by atoms with Crippen LogP contribution >= 0.6 is 0 Å². The Bertz CT molecular complexity index is 554. The predicted molar refractivity (Wildman–Crippen MR) is 86.4 cm³/mol. The number of rotatable bonds is 5. The van der Waals surface area contributed by atoms with Gasteiger partial charge >= 0.3 is 0 Å². The second kappa shape index (κ2) is 7.24. The number of carbonyl (C=O) groups is 1. The normalized spacial score (nSPS) is 16.2. The Morgan fingerprint density at radius 1 is 1.36 bits per heavy atom. The van der Waals surface area contributed by atoms with Gasteiger partial charge in [-0.15, -0.1) is 0 Å². The molecule has 0 radical (unpaired) electrons. The fourth-order valence-corrected chi connectivity index (χ4v) is 2.62. The summed E-state index contributed by atoms with van der Waals surface area (Å²) in [5, 5.41) is 14.2. The Labute approximate surface area is 130 Å². The quantitative estimate of drug-likeness (QED) is 0.670. The molecule has 1 fully saturated rings. The fraction of sp³-hybridized carbons (Fsp3) is 0.562. The van der Waals surface area contributed by atoms with Gasteiger partial charge < -0.3 is 10.2 Å². The number of amides is 1. The van der Waals surface area contributed by atoms with E-state index >= 15 is 0 Å². The number of piperidine rings is 1. The van der Waals surface area contributed by atoms with Crippen LogP contribution in [0.5, 0.6) is 0 Å². The van der Waals surface area contributed by atoms with Crippen LogP contribution in [0, 0.1) is 10.1 Å². The van der Waals surface area contributed by atoms with Gasteiger partial charge in [-0.1, -0.05) is 6.92 Å². The van der Waals surface area contributed by atoms with Gasteiger partial charge in [0.05, 0.1) is 4.92 Å². The average Bonchev–Trinajstić information content (AvgIpc) is 2.54. The maximum absolute atomic E-state index is 12.1. The van der Waals surface area contributed by atoms with E-state index in [-0.39, 0.29) is 17.6 Å². The van der Waals surface area contributed by atoms with Crippen LogP contribution in [0.15, 0.2) is 18.2 Å². The average molecular weight is 305 g/mol.